The zero-order valence-electron chi connectivity index (χ0n) is 15.3. The van der Waals surface area contributed by atoms with E-state index in [1.807, 2.05) is 50.2 Å². The van der Waals surface area contributed by atoms with E-state index in [0.717, 1.165) is 11.4 Å². The predicted molar refractivity (Wildman–Crippen MR) is 99.3 cm³/mol. The van der Waals surface area contributed by atoms with Crippen molar-refractivity contribution in [1.82, 2.24) is 9.78 Å². The Morgan fingerprint density at radius 1 is 1.26 bits per heavy atom. The number of nitriles is 1. The Bertz CT molecular complexity index is 1020. The van der Waals surface area contributed by atoms with Crippen molar-refractivity contribution in [2.45, 2.75) is 32.6 Å². The molecular formula is C21H20N4O2. The number of nitrogens with zero attached hydrogens (tertiary/aromatic N) is 3. The molecule has 27 heavy (non-hydrogen) atoms. The number of allylic oxidation sites excluding steroid dienone is 3. The second kappa shape index (κ2) is 6.13. The molecule has 0 radical (unpaired) electrons. The molecule has 0 saturated heterocycles. The van der Waals surface area contributed by atoms with Crippen LogP contribution in [0.15, 0.2) is 65.4 Å². The SMILES string of the molecule is CC1(C)CC(=O)C2=C(C1)OC(N)=C(C#N)C2c1ccnn1-c1ccccc1. The van der Waals surface area contributed by atoms with Crippen LogP contribution < -0.4 is 5.73 Å². The zero-order valence-corrected chi connectivity index (χ0v) is 15.3. The lowest BCUT2D eigenvalue weighted by Crippen LogP contribution is -2.34. The topological polar surface area (TPSA) is 93.9 Å². The first-order chi connectivity index (χ1) is 12.9. The lowest BCUT2D eigenvalue weighted by Gasteiger charge is -2.37. The van der Waals surface area contributed by atoms with E-state index in [4.69, 9.17) is 10.5 Å². The molecule has 6 nitrogen and oxygen atoms in total. The number of hydrogen-bond donors (Lipinski definition) is 1. The fourth-order valence-corrected chi connectivity index (χ4v) is 3.90. The van der Waals surface area contributed by atoms with E-state index in [2.05, 4.69) is 11.2 Å². The molecule has 0 saturated carbocycles. The number of carbonyl (C=O) groups excluding carboxylic acids is 1. The van der Waals surface area contributed by atoms with Crippen molar-refractivity contribution in [1.29, 1.82) is 5.26 Å². The molecule has 0 bridgehead atoms. The average Bonchev–Trinajstić information content (AvgIpc) is 3.09. The maximum atomic E-state index is 13.0. The lowest BCUT2D eigenvalue weighted by molar-refractivity contribution is -0.119. The summed E-state index contributed by atoms with van der Waals surface area (Å²) in [5.41, 5.74) is 8.23. The largest absolute Gasteiger partial charge is 0.444 e. The standard InChI is InChI=1S/C21H20N4O2/c1-21(2)10-16(26)19-17(11-21)27-20(23)14(12-22)18(19)15-8-9-24-25(15)13-6-4-3-5-7-13/h3-9,18H,10-11,23H2,1-2H3. The average molecular weight is 360 g/mol. The number of ketones is 1. The van der Waals surface area contributed by atoms with Gasteiger partial charge < -0.3 is 10.5 Å². The second-order valence-electron chi connectivity index (χ2n) is 7.71. The fraction of sp³-hybridized carbons (Fsp3) is 0.286. The first kappa shape index (κ1) is 17.1. The summed E-state index contributed by atoms with van der Waals surface area (Å²) in [6.45, 7) is 4.06. The Balaban J connectivity index is 1.91. The van der Waals surface area contributed by atoms with Gasteiger partial charge in [0.05, 0.1) is 17.3 Å². The number of aromatic nitrogens is 2. The van der Waals surface area contributed by atoms with Gasteiger partial charge in [-0.3, -0.25) is 4.79 Å². The normalized spacial score (nSPS) is 21.5. The Morgan fingerprint density at radius 3 is 2.70 bits per heavy atom. The summed E-state index contributed by atoms with van der Waals surface area (Å²) in [6.07, 6.45) is 2.67. The quantitative estimate of drug-likeness (QED) is 0.886. The number of benzene rings is 1. The predicted octanol–water partition coefficient (Wildman–Crippen LogP) is 3.32. The highest BCUT2D eigenvalue weighted by molar-refractivity contribution is 6.00. The van der Waals surface area contributed by atoms with Crippen LogP contribution in [0.2, 0.25) is 0 Å². The Morgan fingerprint density at radius 2 is 2.00 bits per heavy atom. The summed E-state index contributed by atoms with van der Waals surface area (Å²) in [5.74, 6) is 0.0449. The Labute approximate surface area is 157 Å². The number of nitrogens with two attached hydrogens (primary N) is 1. The number of hydrogen-bond acceptors (Lipinski definition) is 5. The minimum absolute atomic E-state index is 0.00712. The van der Waals surface area contributed by atoms with Gasteiger partial charge in [0.1, 0.15) is 17.4 Å². The third-order valence-electron chi connectivity index (χ3n) is 5.04. The van der Waals surface area contributed by atoms with E-state index in [1.54, 1.807) is 10.9 Å². The van der Waals surface area contributed by atoms with Crippen LogP contribution in [0.4, 0.5) is 0 Å². The van der Waals surface area contributed by atoms with Crippen molar-refractivity contribution >= 4 is 5.78 Å². The van der Waals surface area contributed by atoms with Gasteiger partial charge in [-0.25, -0.2) is 4.68 Å². The molecule has 1 aromatic carbocycles. The summed E-state index contributed by atoms with van der Waals surface area (Å²) < 4.78 is 7.49. The van der Waals surface area contributed by atoms with E-state index >= 15 is 0 Å². The molecule has 0 spiro atoms. The van der Waals surface area contributed by atoms with Crippen molar-refractivity contribution in [2.24, 2.45) is 11.1 Å². The maximum Gasteiger partial charge on any atom is 0.205 e. The molecule has 1 aliphatic carbocycles. The molecular weight excluding hydrogens is 340 g/mol. The van der Waals surface area contributed by atoms with Crippen LogP contribution >= 0.6 is 0 Å². The molecule has 0 amide bonds. The van der Waals surface area contributed by atoms with Crippen molar-refractivity contribution in [2.75, 3.05) is 0 Å². The van der Waals surface area contributed by atoms with Gasteiger partial charge in [0.2, 0.25) is 5.88 Å². The molecule has 6 heteroatoms. The Kier molecular flexibility index (Phi) is 3.88. The second-order valence-corrected chi connectivity index (χ2v) is 7.71. The minimum atomic E-state index is -0.579. The Hall–Kier alpha value is -3.33. The van der Waals surface area contributed by atoms with Crippen molar-refractivity contribution in [3.63, 3.8) is 0 Å². The summed E-state index contributed by atoms with van der Waals surface area (Å²) in [5, 5.41) is 14.2. The van der Waals surface area contributed by atoms with Gasteiger partial charge >= 0.3 is 0 Å². The first-order valence-electron chi connectivity index (χ1n) is 8.84. The van der Waals surface area contributed by atoms with Crippen molar-refractivity contribution in [3.05, 3.63) is 71.1 Å². The van der Waals surface area contributed by atoms with Crippen LogP contribution in [0.3, 0.4) is 0 Å². The molecule has 1 aromatic heterocycles. The molecule has 2 N–H and O–H groups in total. The molecule has 1 aliphatic heterocycles. The van der Waals surface area contributed by atoms with Crippen LogP contribution in [0, 0.1) is 16.7 Å². The van der Waals surface area contributed by atoms with Crippen LogP contribution in [-0.4, -0.2) is 15.6 Å². The van der Waals surface area contributed by atoms with Gasteiger partial charge in [0.15, 0.2) is 5.78 Å². The van der Waals surface area contributed by atoms with Gasteiger partial charge in [0, 0.05) is 24.6 Å². The molecule has 2 heterocycles. The number of para-hydroxylation sites is 1. The molecule has 4 rings (SSSR count). The summed E-state index contributed by atoms with van der Waals surface area (Å²) in [4.78, 5) is 13.0. The molecule has 1 unspecified atom stereocenters. The smallest absolute Gasteiger partial charge is 0.205 e. The zero-order chi connectivity index (χ0) is 19.2. The molecule has 2 aliphatic rings. The van der Waals surface area contributed by atoms with E-state index in [1.165, 1.54) is 0 Å². The summed E-state index contributed by atoms with van der Waals surface area (Å²) >= 11 is 0. The van der Waals surface area contributed by atoms with Crippen molar-refractivity contribution in [3.8, 4) is 11.8 Å². The molecule has 1 atom stereocenters. The molecule has 136 valence electrons. The molecule has 2 aromatic rings. The number of carbonyl (C=O) groups is 1. The van der Waals surface area contributed by atoms with Crippen LogP contribution in [0.25, 0.3) is 5.69 Å². The number of ether oxygens (including phenoxy) is 1. The number of Topliss-reactive ketones (excluding diaryl/α,β-unsaturated/α-hetero) is 1. The highest BCUT2D eigenvalue weighted by atomic mass is 16.5. The van der Waals surface area contributed by atoms with E-state index in [9.17, 15) is 10.1 Å². The van der Waals surface area contributed by atoms with Gasteiger partial charge in [-0.2, -0.15) is 10.4 Å². The minimum Gasteiger partial charge on any atom is -0.444 e. The first-order valence-corrected chi connectivity index (χ1v) is 8.84. The van der Waals surface area contributed by atoms with Crippen LogP contribution in [0.5, 0.6) is 0 Å². The maximum absolute atomic E-state index is 13.0. The van der Waals surface area contributed by atoms with E-state index < -0.39 is 5.92 Å². The van der Waals surface area contributed by atoms with E-state index in [-0.39, 0.29) is 22.7 Å². The van der Waals surface area contributed by atoms with Crippen molar-refractivity contribution < 1.29 is 9.53 Å². The van der Waals surface area contributed by atoms with Gasteiger partial charge in [-0.05, 0) is 23.6 Å². The lowest BCUT2D eigenvalue weighted by atomic mass is 9.71. The summed E-state index contributed by atoms with van der Waals surface area (Å²) in [6, 6.07) is 13.6. The van der Waals surface area contributed by atoms with Crippen LogP contribution in [-0.2, 0) is 9.53 Å². The van der Waals surface area contributed by atoms with Gasteiger partial charge in [-0.1, -0.05) is 32.0 Å². The fourth-order valence-electron chi connectivity index (χ4n) is 3.90. The van der Waals surface area contributed by atoms with Crippen LogP contribution in [0.1, 0.15) is 38.3 Å². The highest BCUT2D eigenvalue weighted by Crippen LogP contribution is 2.47. The van der Waals surface area contributed by atoms with Gasteiger partial charge in [0.25, 0.3) is 0 Å². The highest BCUT2D eigenvalue weighted by Gasteiger charge is 2.44. The van der Waals surface area contributed by atoms with Gasteiger partial charge in [-0.15, -0.1) is 0 Å². The monoisotopic (exact) mass is 360 g/mol. The summed E-state index contributed by atoms with van der Waals surface area (Å²) in [7, 11) is 0. The number of rotatable bonds is 2. The molecule has 0 fully saturated rings. The van der Waals surface area contributed by atoms with E-state index in [0.29, 0.717) is 24.2 Å². The third-order valence-corrected chi connectivity index (χ3v) is 5.04. The third kappa shape index (κ3) is 2.81.